The summed E-state index contributed by atoms with van der Waals surface area (Å²) in [5.74, 6) is 1.46. The van der Waals surface area contributed by atoms with Crippen molar-refractivity contribution in [2.45, 2.75) is 98.4 Å². The van der Waals surface area contributed by atoms with Crippen LogP contribution in [0.5, 0.6) is 5.75 Å². The third-order valence-electron chi connectivity index (χ3n) is 6.71. The summed E-state index contributed by atoms with van der Waals surface area (Å²) in [6, 6.07) is 5.92. The molecule has 0 atom stereocenters. The summed E-state index contributed by atoms with van der Waals surface area (Å²) in [5, 5.41) is 13.4. The standard InChI is InChI=1S/C30H45N5O5/c1-8-39-19-26-32-25-18-31-24-17-22(40-16-12-10-9-11-15-35(28(37)38)29(3,4)5)13-14-23(24)27(25)34(26)20-30(6,7)33-21(2)36/h13-14,17-18H,8-12,15-16,19-20H2,1-7H3,(H,33,36)(H,37,38). The zero-order chi connectivity index (χ0) is 29.5. The van der Waals surface area contributed by atoms with Gasteiger partial charge in [-0.15, -0.1) is 0 Å². The van der Waals surface area contributed by atoms with E-state index in [-0.39, 0.29) is 5.91 Å². The lowest BCUT2D eigenvalue weighted by Gasteiger charge is -2.33. The SMILES string of the molecule is CCOCc1nc2cnc3cc(OCCCCCCN(C(=O)O)C(C)(C)C)ccc3c2n1CC(C)(C)NC(C)=O. The number of rotatable bonds is 14. The number of nitrogens with zero attached hydrogens (tertiary/aromatic N) is 4. The van der Waals surface area contributed by atoms with E-state index in [9.17, 15) is 14.7 Å². The highest BCUT2D eigenvalue weighted by molar-refractivity contribution is 6.02. The van der Waals surface area contributed by atoms with Crippen LogP contribution in [0.4, 0.5) is 4.79 Å². The molecule has 0 radical (unpaired) electrons. The number of hydrogen-bond donors (Lipinski definition) is 2. The van der Waals surface area contributed by atoms with Crippen molar-refractivity contribution in [3.63, 3.8) is 0 Å². The normalized spacial score (nSPS) is 12.2. The van der Waals surface area contributed by atoms with Gasteiger partial charge in [0.25, 0.3) is 0 Å². The minimum absolute atomic E-state index is 0.0822. The Morgan fingerprint density at radius 2 is 1.80 bits per heavy atom. The van der Waals surface area contributed by atoms with Crippen LogP contribution in [0.25, 0.3) is 21.9 Å². The Morgan fingerprint density at radius 3 is 2.45 bits per heavy atom. The summed E-state index contributed by atoms with van der Waals surface area (Å²) < 4.78 is 13.8. The van der Waals surface area contributed by atoms with Gasteiger partial charge in [0.15, 0.2) is 0 Å². The van der Waals surface area contributed by atoms with Crippen LogP contribution < -0.4 is 10.1 Å². The number of aromatic nitrogens is 3. The van der Waals surface area contributed by atoms with Gasteiger partial charge in [-0.3, -0.25) is 9.78 Å². The molecule has 3 aromatic rings. The second-order valence-electron chi connectivity index (χ2n) is 11.9. The lowest BCUT2D eigenvalue weighted by Crippen LogP contribution is -2.45. The van der Waals surface area contributed by atoms with Crippen molar-refractivity contribution >= 4 is 33.9 Å². The summed E-state index contributed by atoms with van der Waals surface area (Å²) in [6.07, 6.45) is 4.54. The van der Waals surface area contributed by atoms with Crippen LogP contribution >= 0.6 is 0 Å². The van der Waals surface area contributed by atoms with E-state index in [0.717, 1.165) is 59.2 Å². The number of benzene rings is 1. The van der Waals surface area contributed by atoms with Crippen LogP contribution in [-0.4, -0.2) is 67.4 Å². The first-order chi connectivity index (χ1) is 18.8. The van der Waals surface area contributed by atoms with Crippen molar-refractivity contribution in [1.29, 1.82) is 0 Å². The summed E-state index contributed by atoms with van der Waals surface area (Å²) >= 11 is 0. The minimum Gasteiger partial charge on any atom is -0.494 e. The molecule has 2 amide bonds. The Kier molecular flexibility index (Phi) is 10.4. The minimum atomic E-state index is -0.872. The molecule has 10 heteroatoms. The molecule has 0 aliphatic rings. The Morgan fingerprint density at radius 1 is 1.07 bits per heavy atom. The van der Waals surface area contributed by atoms with Gasteiger partial charge in [0, 0.05) is 43.6 Å². The zero-order valence-electron chi connectivity index (χ0n) is 25.0. The summed E-state index contributed by atoms with van der Waals surface area (Å²) in [4.78, 5) is 34.2. The Hall–Kier alpha value is -3.40. The first kappa shape index (κ1) is 31.1. The average Bonchev–Trinajstić information content (AvgIpc) is 3.19. The van der Waals surface area contributed by atoms with Crippen molar-refractivity contribution in [3.05, 3.63) is 30.2 Å². The van der Waals surface area contributed by atoms with Gasteiger partial charge in [0.1, 0.15) is 23.7 Å². The van der Waals surface area contributed by atoms with Gasteiger partial charge in [-0.05, 0) is 66.5 Å². The van der Waals surface area contributed by atoms with E-state index < -0.39 is 17.2 Å². The Labute approximate surface area is 237 Å². The fraction of sp³-hybridized carbons (Fsp3) is 0.600. The maximum Gasteiger partial charge on any atom is 0.407 e. The van der Waals surface area contributed by atoms with Crippen LogP contribution in [0, 0.1) is 0 Å². The molecule has 0 aliphatic carbocycles. The number of imidazole rings is 1. The largest absolute Gasteiger partial charge is 0.494 e. The fourth-order valence-electron chi connectivity index (χ4n) is 4.95. The number of pyridine rings is 1. The molecule has 0 aliphatic heterocycles. The highest BCUT2D eigenvalue weighted by Gasteiger charge is 2.26. The molecular formula is C30H45N5O5. The van der Waals surface area contributed by atoms with E-state index in [2.05, 4.69) is 14.9 Å². The van der Waals surface area contributed by atoms with Gasteiger partial charge >= 0.3 is 6.09 Å². The Bertz CT molecular complexity index is 1310. The van der Waals surface area contributed by atoms with Crippen molar-refractivity contribution in [2.75, 3.05) is 19.8 Å². The fourth-order valence-corrected chi connectivity index (χ4v) is 4.95. The molecule has 0 saturated heterocycles. The van der Waals surface area contributed by atoms with Gasteiger partial charge in [0.2, 0.25) is 5.91 Å². The average molecular weight is 556 g/mol. The summed E-state index contributed by atoms with van der Waals surface area (Å²) in [6.45, 7) is 15.8. The number of carbonyl (C=O) groups is 2. The van der Waals surface area contributed by atoms with Crippen LogP contribution in [-0.2, 0) is 22.7 Å². The van der Waals surface area contributed by atoms with Crippen molar-refractivity contribution in [2.24, 2.45) is 0 Å². The monoisotopic (exact) mass is 555 g/mol. The predicted molar refractivity (Wildman–Crippen MR) is 157 cm³/mol. The number of amides is 2. The van der Waals surface area contributed by atoms with Crippen LogP contribution in [0.2, 0.25) is 0 Å². The number of hydrogen-bond acceptors (Lipinski definition) is 6. The first-order valence-corrected chi connectivity index (χ1v) is 14.1. The number of carbonyl (C=O) groups excluding carboxylic acids is 1. The van der Waals surface area contributed by atoms with Gasteiger partial charge in [-0.1, -0.05) is 12.8 Å². The molecule has 2 N–H and O–H groups in total. The van der Waals surface area contributed by atoms with Crippen molar-refractivity contribution in [1.82, 2.24) is 24.8 Å². The zero-order valence-corrected chi connectivity index (χ0v) is 25.0. The predicted octanol–water partition coefficient (Wildman–Crippen LogP) is 5.75. The van der Waals surface area contributed by atoms with Crippen molar-refractivity contribution < 1.29 is 24.2 Å². The highest BCUT2D eigenvalue weighted by atomic mass is 16.5. The molecule has 0 fully saturated rings. The van der Waals surface area contributed by atoms with E-state index in [1.807, 2.05) is 59.7 Å². The highest BCUT2D eigenvalue weighted by Crippen LogP contribution is 2.29. The third-order valence-corrected chi connectivity index (χ3v) is 6.71. The molecular weight excluding hydrogens is 510 g/mol. The van der Waals surface area contributed by atoms with E-state index in [4.69, 9.17) is 14.5 Å². The quantitative estimate of drug-likeness (QED) is 0.243. The number of fused-ring (bicyclic) bond motifs is 3. The maximum absolute atomic E-state index is 11.8. The molecule has 2 heterocycles. The van der Waals surface area contributed by atoms with Crippen LogP contribution in [0.1, 0.15) is 80.0 Å². The molecule has 2 aromatic heterocycles. The van der Waals surface area contributed by atoms with E-state index in [1.165, 1.54) is 11.8 Å². The smallest absolute Gasteiger partial charge is 0.407 e. The number of nitrogens with one attached hydrogen (secondary N) is 1. The lowest BCUT2D eigenvalue weighted by atomic mass is 10.1. The molecule has 40 heavy (non-hydrogen) atoms. The van der Waals surface area contributed by atoms with E-state index >= 15 is 0 Å². The van der Waals surface area contributed by atoms with Gasteiger partial charge < -0.3 is 29.4 Å². The second-order valence-corrected chi connectivity index (χ2v) is 11.9. The molecule has 220 valence electrons. The summed E-state index contributed by atoms with van der Waals surface area (Å²) in [7, 11) is 0. The molecule has 1 aromatic carbocycles. The lowest BCUT2D eigenvalue weighted by molar-refractivity contribution is -0.120. The first-order valence-electron chi connectivity index (χ1n) is 14.1. The number of carboxylic acid groups (broad SMARTS) is 1. The molecule has 10 nitrogen and oxygen atoms in total. The second kappa shape index (κ2) is 13.3. The number of ether oxygens (including phenoxy) is 2. The Balaban J connectivity index is 1.68. The third kappa shape index (κ3) is 8.30. The van der Waals surface area contributed by atoms with E-state index in [1.54, 1.807) is 6.20 Å². The van der Waals surface area contributed by atoms with Crippen molar-refractivity contribution in [3.8, 4) is 5.75 Å². The van der Waals surface area contributed by atoms with Gasteiger partial charge in [-0.25, -0.2) is 9.78 Å². The van der Waals surface area contributed by atoms with Gasteiger partial charge in [-0.2, -0.15) is 0 Å². The van der Waals surface area contributed by atoms with Gasteiger partial charge in [0.05, 0.1) is 29.4 Å². The van der Waals surface area contributed by atoms with Crippen LogP contribution in [0.15, 0.2) is 24.4 Å². The van der Waals surface area contributed by atoms with Crippen LogP contribution in [0.3, 0.4) is 0 Å². The molecule has 0 spiro atoms. The number of unbranched alkanes of at least 4 members (excludes halogenated alkanes) is 3. The maximum atomic E-state index is 11.8. The van der Waals surface area contributed by atoms with E-state index in [0.29, 0.717) is 32.9 Å². The molecule has 3 rings (SSSR count). The topological polar surface area (TPSA) is 119 Å². The molecule has 0 bridgehead atoms. The molecule has 0 saturated carbocycles. The molecule has 0 unspecified atom stereocenters. The summed E-state index contributed by atoms with van der Waals surface area (Å²) in [5.41, 5.74) is 1.66.